The van der Waals surface area contributed by atoms with E-state index in [1.807, 2.05) is 18.2 Å². The fourth-order valence-corrected chi connectivity index (χ4v) is 3.13. The maximum atomic E-state index is 6.39. The number of nitrogens with two attached hydrogens (primary N) is 1. The maximum Gasteiger partial charge on any atom is 0.0569 e. The summed E-state index contributed by atoms with van der Waals surface area (Å²) in [7, 11) is 0. The summed E-state index contributed by atoms with van der Waals surface area (Å²) in [6.07, 6.45) is 0. The molecule has 1 unspecified atom stereocenters. The predicted molar refractivity (Wildman–Crippen MR) is 88.8 cm³/mol. The molecule has 2 aromatic carbocycles. The van der Waals surface area contributed by atoms with Crippen LogP contribution in [0.2, 0.25) is 5.02 Å². The summed E-state index contributed by atoms with van der Waals surface area (Å²) in [6.45, 7) is 4.12. The number of aryl methyl sites for hydroxylation is 2. The lowest BCUT2D eigenvalue weighted by Crippen LogP contribution is -2.14. The second-order valence-electron chi connectivity index (χ2n) is 4.60. The third-order valence-electron chi connectivity index (χ3n) is 3.18. The van der Waals surface area contributed by atoms with Crippen molar-refractivity contribution in [2.75, 3.05) is 0 Å². The van der Waals surface area contributed by atoms with Crippen molar-refractivity contribution in [3.05, 3.63) is 66.6 Å². The van der Waals surface area contributed by atoms with E-state index in [4.69, 9.17) is 17.3 Å². The Morgan fingerprint density at radius 1 is 1.00 bits per heavy atom. The number of halogens is 3. The lowest BCUT2D eigenvalue weighted by atomic mass is 9.94. The molecule has 0 bridgehead atoms. The van der Waals surface area contributed by atoms with E-state index in [0.29, 0.717) is 5.02 Å². The smallest absolute Gasteiger partial charge is 0.0569 e. The zero-order valence-electron chi connectivity index (χ0n) is 10.7. The van der Waals surface area contributed by atoms with Crippen molar-refractivity contribution in [1.29, 1.82) is 0 Å². The third-order valence-corrected chi connectivity index (χ3v) is 4.87. The summed E-state index contributed by atoms with van der Waals surface area (Å²) >= 11 is 13.3. The summed E-state index contributed by atoms with van der Waals surface area (Å²) < 4.78 is 2.08. The van der Waals surface area contributed by atoms with Crippen LogP contribution in [-0.4, -0.2) is 0 Å². The molecule has 2 rings (SSSR count). The van der Waals surface area contributed by atoms with Crippen molar-refractivity contribution in [3.63, 3.8) is 0 Å². The Kier molecular flexibility index (Phi) is 4.72. The Labute approximate surface area is 135 Å². The number of rotatable bonds is 2. The SMILES string of the molecule is Cc1cc(C(N)c2cc(Br)ccc2Cl)c(C)cc1Br. The molecule has 0 radical (unpaired) electrons. The molecule has 0 saturated heterocycles. The van der Waals surface area contributed by atoms with Gasteiger partial charge < -0.3 is 5.73 Å². The molecule has 0 spiro atoms. The van der Waals surface area contributed by atoms with Gasteiger partial charge in [0.05, 0.1) is 6.04 Å². The van der Waals surface area contributed by atoms with Gasteiger partial charge in [-0.2, -0.15) is 0 Å². The molecule has 1 atom stereocenters. The van der Waals surface area contributed by atoms with Crippen LogP contribution in [0, 0.1) is 13.8 Å². The summed E-state index contributed by atoms with van der Waals surface area (Å²) in [5, 5.41) is 0.690. The fraction of sp³-hybridized carbons (Fsp3) is 0.200. The topological polar surface area (TPSA) is 26.0 Å². The van der Waals surface area contributed by atoms with E-state index in [1.54, 1.807) is 0 Å². The molecular weight excluding hydrogens is 389 g/mol. The molecular formula is C15H14Br2ClN. The average molecular weight is 404 g/mol. The third kappa shape index (κ3) is 3.22. The molecule has 19 heavy (non-hydrogen) atoms. The van der Waals surface area contributed by atoms with Gasteiger partial charge in [-0.05, 0) is 60.4 Å². The Balaban J connectivity index is 2.52. The van der Waals surface area contributed by atoms with Crippen LogP contribution in [0.1, 0.15) is 28.3 Å². The molecule has 0 fully saturated rings. The van der Waals surface area contributed by atoms with Crippen molar-refractivity contribution < 1.29 is 0 Å². The van der Waals surface area contributed by atoms with Gasteiger partial charge in [-0.15, -0.1) is 0 Å². The van der Waals surface area contributed by atoms with Gasteiger partial charge in [0.1, 0.15) is 0 Å². The first-order valence-corrected chi connectivity index (χ1v) is 7.83. The second kappa shape index (κ2) is 5.96. The number of benzene rings is 2. The van der Waals surface area contributed by atoms with E-state index in [-0.39, 0.29) is 6.04 Å². The second-order valence-corrected chi connectivity index (χ2v) is 6.78. The van der Waals surface area contributed by atoms with Crippen LogP contribution >= 0.6 is 43.5 Å². The zero-order chi connectivity index (χ0) is 14.2. The highest BCUT2D eigenvalue weighted by Crippen LogP contribution is 2.32. The molecule has 0 aliphatic carbocycles. The van der Waals surface area contributed by atoms with Crippen molar-refractivity contribution in [2.24, 2.45) is 5.73 Å². The first kappa shape index (κ1) is 15.0. The van der Waals surface area contributed by atoms with Crippen LogP contribution in [0.5, 0.6) is 0 Å². The average Bonchev–Trinajstić information content (AvgIpc) is 2.36. The summed E-state index contributed by atoms with van der Waals surface area (Å²) in [6, 6.07) is 9.73. The van der Waals surface area contributed by atoms with Gasteiger partial charge in [0.15, 0.2) is 0 Å². The summed E-state index contributed by atoms with van der Waals surface area (Å²) in [5.74, 6) is 0. The van der Waals surface area contributed by atoms with E-state index in [2.05, 4.69) is 57.8 Å². The Morgan fingerprint density at radius 2 is 1.68 bits per heavy atom. The highest BCUT2D eigenvalue weighted by molar-refractivity contribution is 9.10. The molecule has 0 saturated carbocycles. The van der Waals surface area contributed by atoms with Gasteiger partial charge in [0, 0.05) is 14.0 Å². The van der Waals surface area contributed by atoms with E-state index in [9.17, 15) is 0 Å². The standard InChI is InChI=1S/C15H14Br2ClN/c1-8-6-13(17)9(2)5-11(8)15(19)12-7-10(16)3-4-14(12)18/h3-7,15H,19H2,1-2H3. The van der Waals surface area contributed by atoms with Crippen molar-refractivity contribution in [3.8, 4) is 0 Å². The summed E-state index contributed by atoms with van der Waals surface area (Å²) in [4.78, 5) is 0. The van der Waals surface area contributed by atoms with Gasteiger partial charge in [0.2, 0.25) is 0 Å². The molecule has 2 aromatic rings. The molecule has 0 aliphatic heterocycles. The van der Waals surface area contributed by atoms with Gasteiger partial charge in [-0.25, -0.2) is 0 Å². The minimum Gasteiger partial charge on any atom is -0.320 e. The lowest BCUT2D eigenvalue weighted by Gasteiger charge is -2.18. The highest BCUT2D eigenvalue weighted by Gasteiger charge is 2.16. The molecule has 2 N–H and O–H groups in total. The molecule has 100 valence electrons. The van der Waals surface area contributed by atoms with Crippen molar-refractivity contribution >= 4 is 43.5 Å². The molecule has 4 heteroatoms. The predicted octanol–water partition coefficient (Wildman–Crippen LogP) is 5.53. The Hall–Kier alpha value is -0.350. The van der Waals surface area contributed by atoms with E-state index in [0.717, 1.165) is 25.6 Å². The van der Waals surface area contributed by atoms with Crippen LogP contribution in [0.3, 0.4) is 0 Å². The lowest BCUT2D eigenvalue weighted by molar-refractivity contribution is 0.858. The largest absolute Gasteiger partial charge is 0.320 e. The summed E-state index contributed by atoms with van der Waals surface area (Å²) in [5.41, 5.74) is 10.7. The van der Waals surface area contributed by atoms with Crippen LogP contribution < -0.4 is 5.73 Å². The van der Waals surface area contributed by atoms with Crippen LogP contribution in [0.4, 0.5) is 0 Å². The molecule has 0 amide bonds. The van der Waals surface area contributed by atoms with Crippen LogP contribution in [0.25, 0.3) is 0 Å². The quantitative estimate of drug-likeness (QED) is 0.701. The van der Waals surface area contributed by atoms with E-state index < -0.39 is 0 Å². The van der Waals surface area contributed by atoms with Gasteiger partial charge in [-0.1, -0.05) is 49.5 Å². The van der Waals surface area contributed by atoms with Gasteiger partial charge in [-0.3, -0.25) is 0 Å². The highest BCUT2D eigenvalue weighted by atomic mass is 79.9. The van der Waals surface area contributed by atoms with Crippen LogP contribution in [0.15, 0.2) is 39.3 Å². The van der Waals surface area contributed by atoms with Crippen LogP contribution in [-0.2, 0) is 0 Å². The van der Waals surface area contributed by atoms with E-state index in [1.165, 1.54) is 5.56 Å². The Morgan fingerprint density at radius 3 is 2.37 bits per heavy atom. The monoisotopic (exact) mass is 401 g/mol. The fourth-order valence-electron chi connectivity index (χ4n) is 2.06. The van der Waals surface area contributed by atoms with Crippen molar-refractivity contribution in [1.82, 2.24) is 0 Å². The first-order valence-electron chi connectivity index (χ1n) is 5.87. The zero-order valence-corrected chi connectivity index (χ0v) is 14.6. The number of hydrogen-bond acceptors (Lipinski definition) is 1. The minimum absolute atomic E-state index is 0.225. The molecule has 0 aromatic heterocycles. The van der Waals surface area contributed by atoms with Gasteiger partial charge in [0.25, 0.3) is 0 Å². The van der Waals surface area contributed by atoms with Gasteiger partial charge >= 0.3 is 0 Å². The first-order chi connectivity index (χ1) is 8.90. The molecule has 0 heterocycles. The maximum absolute atomic E-state index is 6.39. The minimum atomic E-state index is -0.225. The normalized spacial score (nSPS) is 12.5. The molecule has 0 aliphatic rings. The molecule has 1 nitrogen and oxygen atoms in total. The Bertz CT molecular complexity index is 626. The van der Waals surface area contributed by atoms with E-state index >= 15 is 0 Å². The van der Waals surface area contributed by atoms with Crippen molar-refractivity contribution in [2.45, 2.75) is 19.9 Å². The number of hydrogen-bond donors (Lipinski definition) is 1.